The fourth-order valence-electron chi connectivity index (χ4n) is 1.21. The first kappa shape index (κ1) is 13.4. The molecule has 0 bridgehead atoms. The topological polar surface area (TPSA) is 88.3 Å². The van der Waals surface area contributed by atoms with Crippen molar-refractivity contribution in [3.05, 3.63) is 27.9 Å². The molecule has 1 aromatic rings. The highest BCUT2D eigenvalue weighted by molar-refractivity contribution is 5.49. The number of nitrogens with zero attached hydrogens (tertiary/aromatic N) is 2. The molecular formula is C11H17N3O3. The van der Waals surface area contributed by atoms with Gasteiger partial charge in [-0.15, -0.1) is 0 Å². The molecule has 6 nitrogen and oxygen atoms in total. The van der Waals surface area contributed by atoms with E-state index in [0.29, 0.717) is 24.3 Å². The fraction of sp³-hybridized carbons (Fsp3) is 0.545. The third-order valence-electron chi connectivity index (χ3n) is 2.68. The Morgan fingerprint density at radius 1 is 1.65 bits per heavy atom. The summed E-state index contributed by atoms with van der Waals surface area (Å²) in [5, 5.41) is 23.4. The van der Waals surface area contributed by atoms with Crippen LogP contribution in [-0.4, -0.2) is 27.2 Å². The summed E-state index contributed by atoms with van der Waals surface area (Å²) >= 11 is 0. The van der Waals surface area contributed by atoms with E-state index in [0.717, 1.165) is 0 Å². The number of nitro groups is 1. The average molecular weight is 239 g/mol. The Bertz CT molecular complexity index is 418. The molecule has 1 aromatic heterocycles. The Hall–Kier alpha value is -1.69. The maximum absolute atomic E-state index is 10.7. The average Bonchev–Trinajstić information content (AvgIpc) is 2.27. The first-order valence-corrected chi connectivity index (χ1v) is 5.43. The van der Waals surface area contributed by atoms with Crippen molar-refractivity contribution in [3.63, 3.8) is 0 Å². The summed E-state index contributed by atoms with van der Waals surface area (Å²) in [5.41, 5.74) is -0.303. The van der Waals surface area contributed by atoms with Gasteiger partial charge < -0.3 is 10.4 Å². The lowest BCUT2D eigenvalue weighted by molar-refractivity contribution is -0.385. The molecule has 1 atom stereocenters. The minimum atomic E-state index is -0.846. The smallest absolute Gasteiger partial charge is 0.277 e. The van der Waals surface area contributed by atoms with Gasteiger partial charge in [-0.05, 0) is 20.3 Å². The van der Waals surface area contributed by atoms with Crippen LogP contribution in [0.25, 0.3) is 0 Å². The summed E-state index contributed by atoms with van der Waals surface area (Å²) in [7, 11) is 0. The first-order valence-electron chi connectivity index (χ1n) is 5.43. The Morgan fingerprint density at radius 2 is 2.29 bits per heavy atom. The fourth-order valence-corrected chi connectivity index (χ4v) is 1.21. The van der Waals surface area contributed by atoms with Crippen LogP contribution in [0, 0.1) is 17.0 Å². The van der Waals surface area contributed by atoms with Crippen LogP contribution in [0.1, 0.15) is 25.8 Å². The van der Waals surface area contributed by atoms with E-state index in [1.54, 1.807) is 13.8 Å². The van der Waals surface area contributed by atoms with E-state index >= 15 is 0 Å². The lowest BCUT2D eigenvalue weighted by Crippen LogP contribution is -2.32. The van der Waals surface area contributed by atoms with Gasteiger partial charge in [-0.1, -0.05) is 6.92 Å². The van der Waals surface area contributed by atoms with Crippen molar-refractivity contribution in [3.8, 4) is 0 Å². The monoisotopic (exact) mass is 239 g/mol. The lowest BCUT2D eigenvalue weighted by Gasteiger charge is -2.21. The third-order valence-corrected chi connectivity index (χ3v) is 2.68. The Balaban J connectivity index is 2.80. The van der Waals surface area contributed by atoms with Crippen LogP contribution in [-0.2, 0) is 0 Å². The van der Waals surface area contributed by atoms with Crippen molar-refractivity contribution in [2.24, 2.45) is 0 Å². The highest BCUT2D eigenvalue weighted by Gasteiger charge is 2.18. The van der Waals surface area contributed by atoms with Crippen molar-refractivity contribution < 1.29 is 10.0 Å². The largest absolute Gasteiger partial charge is 0.388 e. The van der Waals surface area contributed by atoms with E-state index in [9.17, 15) is 15.2 Å². The molecule has 0 aromatic carbocycles. The molecule has 0 saturated carbocycles. The van der Waals surface area contributed by atoms with Crippen molar-refractivity contribution >= 4 is 11.5 Å². The van der Waals surface area contributed by atoms with Crippen molar-refractivity contribution in [2.75, 3.05) is 11.9 Å². The second-order valence-corrected chi connectivity index (χ2v) is 4.32. The van der Waals surface area contributed by atoms with Crippen LogP contribution in [0.5, 0.6) is 0 Å². The van der Waals surface area contributed by atoms with E-state index in [1.807, 2.05) is 6.92 Å². The normalized spacial score (nSPS) is 14.1. The van der Waals surface area contributed by atoms with Crippen LogP contribution >= 0.6 is 0 Å². The second kappa shape index (κ2) is 5.09. The van der Waals surface area contributed by atoms with Gasteiger partial charge in [0.25, 0.3) is 5.69 Å². The van der Waals surface area contributed by atoms with Gasteiger partial charge in [0.15, 0.2) is 0 Å². The number of pyridine rings is 1. The van der Waals surface area contributed by atoms with Gasteiger partial charge in [-0.3, -0.25) is 10.1 Å². The predicted octanol–water partition coefficient (Wildman–Crippen LogP) is 1.87. The molecule has 0 spiro atoms. The maximum atomic E-state index is 10.7. The zero-order chi connectivity index (χ0) is 13.1. The third kappa shape index (κ3) is 3.67. The highest BCUT2D eigenvalue weighted by atomic mass is 16.6. The number of hydrogen-bond donors (Lipinski definition) is 2. The Kier molecular flexibility index (Phi) is 4.01. The van der Waals surface area contributed by atoms with Gasteiger partial charge in [0.2, 0.25) is 0 Å². The summed E-state index contributed by atoms with van der Waals surface area (Å²) < 4.78 is 0. The second-order valence-electron chi connectivity index (χ2n) is 4.32. The molecular weight excluding hydrogens is 222 g/mol. The molecule has 0 radical (unpaired) electrons. The molecule has 0 saturated heterocycles. The quantitative estimate of drug-likeness (QED) is 0.605. The van der Waals surface area contributed by atoms with Gasteiger partial charge in [0.05, 0.1) is 16.6 Å². The molecule has 0 aliphatic rings. The van der Waals surface area contributed by atoms with E-state index in [2.05, 4.69) is 10.3 Å². The van der Waals surface area contributed by atoms with Crippen molar-refractivity contribution in [1.82, 2.24) is 4.98 Å². The number of aromatic nitrogens is 1. The highest BCUT2D eigenvalue weighted by Crippen LogP contribution is 2.20. The summed E-state index contributed by atoms with van der Waals surface area (Å²) in [6, 6.07) is 1.38. The minimum Gasteiger partial charge on any atom is -0.388 e. The summed E-state index contributed by atoms with van der Waals surface area (Å²) in [6.45, 7) is 5.50. The standard InChI is InChI=1S/C11H17N3O3/c1-4-11(3,15)7-13-10-5-9(14(16)17)8(2)6-12-10/h5-6,15H,4,7H2,1-3H3,(H,12,13). The van der Waals surface area contributed by atoms with Gasteiger partial charge in [0.1, 0.15) is 5.82 Å². The summed E-state index contributed by atoms with van der Waals surface area (Å²) in [4.78, 5) is 14.3. The van der Waals surface area contributed by atoms with E-state index in [-0.39, 0.29) is 5.69 Å². The van der Waals surface area contributed by atoms with Gasteiger partial charge in [-0.25, -0.2) is 4.98 Å². The Labute approximate surface area is 99.8 Å². The Morgan fingerprint density at radius 3 is 2.82 bits per heavy atom. The van der Waals surface area contributed by atoms with Gasteiger partial charge >= 0.3 is 0 Å². The molecule has 0 aliphatic carbocycles. The molecule has 94 valence electrons. The van der Waals surface area contributed by atoms with Crippen molar-refractivity contribution in [2.45, 2.75) is 32.8 Å². The maximum Gasteiger partial charge on any atom is 0.277 e. The van der Waals surface area contributed by atoms with Crippen molar-refractivity contribution in [1.29, 1.82) is 0 Å². The number of rotatable bonds is 5. The molecule has 6 heteroatoms. The zero-order valence-electron chi connectivity index (χ0n) is 10.2. The molecule has 1 heterocycles. The molecule has 1 rings (SSSR count). The van der Waals surface area contributed by atoms with Crippen LogP contribution in [0.2, 0.25) is 0 Å². The van der Waals surface area contributed by atoms with Crippen LogP contribution in [0.3, 0.4) is 0 Å². The van der Waals surface area contributed by atoms with Crippen LogP contribution < -0.4 is 5.32 Å². The van der Waals surface area contributed by atoms with Gasteiger partial charge in [0, 0.05) is 18.3 Å². The van der Waals surface area contributed by atoms with E-state index in [4.69, 9.17) is 0 Å². The SMILES string of the molecule is CCC(C)(O)CNc1cc([N+](=O)[O-])c(C)cn1. The van der Waals surface area contributed by atoms with Gasteiger partial charge in [-0.2, -0.15) is 0 Å². The van der Waals surface area contributed by atoms with E-state index < -0.39 is 10.5 Å². The summed E-state index contributed by atoms with van der Waals surface area (Å²) in [5.74, 6) is 0.399. The minimum absolute atomic E-state index is 0.0265. The molecule has 0 amide bonds. The number of nitrogens with one attached hydrogen (secondary N) is 1. The number of anilines is 1. The predicted molar refractivity (Wildman–Crippen MR) is 65.0 cm³/mol. The van der Waals surface area contributed by atoms with Crippen LogP contribution in [0.15, 0.2) is 12.3 Å². The molecule has 0 aliphatic heterocycles. The lowest BCUT2D eigenvalue weighted by atomic mass is 10.0. The van der Waals surface area contributed by atoms with E-state index in [1.165, 1.54) is 12.3 Å². The molecule has 2 N–H and O–H groups in total. The number of hydrogen-bond acceptors (Lipinski definition) is 5. The van der Waals surface area contributed by atoms with Crippen LogP contribution in [0.4, 0.5) is 11.5 Å². The molecule has 0 fully saturated rings. The summed E-state index contributed by atoms with van der Waals surface area (Å²) in [6.07, 6.45) is 2.04. The number of aryl methyl sites for hydroxylation is 1. The molecule has 17 heavy (non-hydrogen) atoms. The number of aliphatic hydroxyl groups is 1. The molecule has 1 unspecified atom stereocenters. The zero-order valence-corrected chi connectivity index (χ0v) is 10.2. The first-order chi connectivity index (χ1) is 7.85.